The molecule has 0 aliphatic rings. The van der Waals surface area contributed by atoms with Crippen LogP contribution < -0.4 is 11.1 Å². The molecule has 0 aliphatic carbocycles. The van der Waals surface area contributed by atoms with Gasteiger partial charge < -0.3 is 11.1 Å². The Labute approximate surface area is 99.0 Å². The van der Waals surface area contributed by atoms with Gasteiger partial charge in [0.2, 0.25) is 0 Å². The summed E-state index contributed by atoms with van der Waals surface area (Å²) in [5.74, 6) is -2.32. The molecule has 0 saturated carbocycles. The molecular formula is C12H16F2N2O. The number of carbonyl (C=O) groups is 1. The number of primary amides is 1. The summed E-state index contributed by atoms with van der Waals surface area (Å²) in [5.41, 5.74) is 4.76. The summed E-state index contributed by atoms with van der Waals surface area (Å²) >= 11 is 0. The first-order valence-electron chi connectivity index (χ1n) is 5.38. The minimum absolute atomic E-state index is 0.00399. The minimum atomic E-state index is -0.947. The van der Waals surface area contributed by atoms with Gasteiger partial charge in [0.1, 0.15) is 11.6 Å². The molecule has 0 saturated heterocycles. The first kappa shape index (κ1) is 13.4. The van der Waals surface area contributed by atoms with Crippen LogP contribution in [-0.2, 0) is 0 Å². The van der Waals surface area contributed by atoms with E-state index in [1.807, 2.05) is 20.8 Å². The van der Waals surface area contributed by atoms with Crippen LogP contribution in [0.1, 0.15) is 31.1 Å². The summed E-state index contributed by atoms with van der Waals surface area (Å²) < 4.78 is 26.7. The van der Waals surface area contributed by atoms with Crippen LogP contribution in [0.25, 0.3) is 0 Å². The lowest BCUT2D eigenvalue weighted by atomic mass is 10.1. The predicted molar refractivity (Wildman–Crippen MR) is 62.8 cm³/mol. The SMILES string of the molecule is CC(C)C(C)Nc1cc(C(N)=O)c(F)cc1F. The zero-order chi connectivity index (χ0) is 13.2. The maximum absolute atomic E-state index is 13.5. The van der Waals surface area contributed by atoms with E-state index in [4.69, 9.17) is 5.73 Å². The summed E-state index contributed by atoms with van der Waals surface area (Å²) in [6.45, 7) is 5.81. The van der Waals surface area contributed by atoms with E-state index in [0.717, 1.165) is 6.07 Å². The van der Waals surface area contributed by atoms with Gasteiger partial charge in [-0.2, -0.15) is 0 Å². The van der Waals surface area contributed by atoms with Gasteiger partial charge in [0.25, 0.3) is 5.91 Å². The van der Waals surface area contributed by atoms with Crippen LogP contribution in [0.15, 0.2) is 12.1 Å². The van der Waals surface area contributed by atoms with Gasteiger partial charge in [-0.15, -0.1) is 0 Å². The average Bonchev–Trinajstić information content (AvgIpc) is 2.21. The second-order valence-electron chi connectivity index (χ2n) is 4.35. The van der Waals surface area contributed by atoms with Crippen LogP contribution in [-0.4, -0.2) is 11.9 Å². The summed E-state index contributed by atoms with van der Waals surface area (Å²) in [5, 5.41) is 2.88. The van der Waals surface area contributed by atoms with E-state index < -0.39 is 17.5 Å². The molecule has 0 spiro atoms. The molecule has 0 heterocycles. The van der Waals surface area contributed by atoms with Crippen molar-refractivity contribution >= 4 is 11.6 Å². The fourth-order valence-electron chi connectivity index (χ4n) is 1.26. The normalized spacial score (nSPS) is 12.6. The number of nitrogens with one attached hydrogen (secondary N) is 1. The number of halogens is 2. The third-order valence-electron chi connectivity index (χ3n) is 2.71. The Kier molecular flexibility index (Phi) is 4.04. The predicted octanol–water partition coefficient (Wildman–Crippen LogP) is 2.52. The summed E-state index contributed by atoms with van der Waals surface area (Å²) in [4.78, 5) is 10.9. The molecule has 3 N–H and O–H groups in total. The summed E-state index contributed by atoms with van der Waals surface area (Å²) in [6, 6.07) is 1.76. The second-order valence-corrected chi connectivity index (χ2v) is 4.35. The molecule has 1 rings (SSSR count). The second kappa shape index (κ2) is 5.12. The number of hydrogen-bond donors (Lipinski definition) is 2. The maximum Gasteiger partial charge on any atom is 0.251 e. The highest BCUT2D eigenvalue weighted by Gasteiger charge is 2.16. The van der Waals surface area contributed by atoms with Crippen LogP contribution >= 0.6 is 0 Å². The van der Waals surface area contributed by atoms with Crippen LogP contribution in [0, 0.1) is 17.6 Å². The zero-order valence-electron chi connectivity index (χ0n) is 10.1. The third-order valence-corrected chi connectivity index (χ3v) is 2.71. The molecule has 0 aromatic heterocycles. The number of carbonyl (C=O) groups excluding carboxylic acids is 1. The van der Waals surface area contributed by atoms with Crippen LogP contribution in [0.4, 0.5) is 14.5 Å². The van der Waals surface area contributed by atoms with Crippen LogP contribution in [0.5, 0.6) is 0 Å². The number of rotatable bonds is 4. The van der Waals surface area contributed by atoms with E-state index in [1.54, 1.807) is 0 Å². The van der Waals surface area contributed by atoms with Gasteiger partial charge in [-0.05, 0) is 18.9 Å². The van der Waals surface area contributed by atoms with E-state index >= 15 is 0 Å². The molecule has 17 heavy (non-hydrogen) atoms. The van der Waals surface area contributed by atoms with Gasteiger partial charge >= 0.3 is 0 Å². The van der Waals surface area contributed by atoms with E-state index in [2.05, 4.69) is 5.32 Å². The van der Waals surface area contributed by atoms with Crippen molar-refractivity contribution < 1.29 is 13.6 Å². The lowest BCUT2D eigenvalue weighted by Crippen LogP contribution is -2.23. The van der Waals surface area contributed by atoms with Gasteiger partial charge in [-0.3, -0.25) is 4.79 Å². The molecular weight excluding hydrogens is 226 g/mol. The molecule has 1 unspecified atom stereocenters. The molecule has 3 nitrogen and oxygen atoms in total. The minimum Gasteiger partial charge on any atom is -0.380 e. The third kappa shape index (κ3) is 3.15. The van der Waals surface area contributed by atoms with Crippen molar-refractivity contribution in [3.8, 4) is 0 Å². The largest absolute Gasteiger partial charge is 0.380 e. The Morgan fingerprint density at radius 1 is 1.24 bits per heavy atom. The topological polar surface area (TPSA) is 55.1 Å². The lowest BCUT2D eigenvalue weighted by Gasteiger charge is -2.19. The highest BCUT2D eigenvalue weighted by atomic mass is 19.1. The Balaban J connectivity index is 3.08. The number of hydrogen-bond acceptors (Lipinski definition) is 2. The highest BCUT2D eigenvalue weighted by Crippen LogP contribution is 2.21. The Morgan fingerprint density at radius 3 is 2.29 bits per heavy atom. The molecule has 0 radical (unpaired) electrons. The van der Waals surface area contributed by atoms with Gasteiger partial charge in [0.15, 0.2) is 0 Å². The van der Waals surface area contributed by atoms with Crippen molar-refractivity contribution in [3.05, 3.63) is 29.3 Å². The fourth-order valence-corrected chi connectivity index (χ4v) is 1.26. The van der Waals surface area contributed by atoms with Crippen molar-refractivity contribution in [2.24, 2.45) is 11.7 Å². The number of amides is 1. The number of benzene rings is 1. The molecule has 0 fully saturated rings. The summed E-state index contributed by atoms with van der Waals surface area (Å²) in [6.07, 6.45) is 0. The Morgan fingerprint density at radius 2 is 1.82 bits per heavy atom. The van der Waals surface area contributed by atoms with Crippen LogP contribution in [0.2, 0.25) is 0 Å². The molecule has 1 aromatic rings. The smallest absolute Gasteiger partial charge is 0.251 e. The van der Waals surface area contributed by atoms with Crippen molar-refractivity contribution in [2.45, 2.75) is 26.8 Å². The number of anilines is 1. The molecule has 1 aromatic carbocycles. The lowest BCUT2D eigenvalue weighted by molar-refractivity contribution is 0.0996. The standard InChI is InChI=1S/C12H16F2N2O/c1-6(2)7(3)16-11-4-8(12(15)17)9(13)5-10(11)14/h4-7,16H,1-3H3,(H2,15,17). The van der Waals surface area contributed by atoms with E-state index in [1.165, 1.54) is 0 Å². The van der Waals surface area contributed by atoms with E-state index in [-0.39, 0.29) is 23.2 Å². The molecule has 5 heteroatoms. The Bertz CT molecular complexity index is 433. The zero-order valence-corrected chi connectivity index (χ0v) is 10.1. The van der Waals surface area contributed by atoms with Gasteiger partial charge in [0, 0.05) is 12.1 Å². The van der Waals surface area contributed by atoms with Gasteiger partial charge in [-0.25, -0.2) is 8.78 Å². The monoisotopic (exact) mass is 242 g/mol. The molecule has 1 atom stereocenters. The fraction of sp³-hybridized carbons (Fsp3) is 0.417. The maximum atomic E-state index is 13.5. The average molecular weight is 242 g/mol. The highest BCUT2D eigenvalue weighted by molar-refractivity contribution is 5.94. The van der Waals surface area contributed by atoms with E-state index in [0.29, 0.717) is 6.07 Å². The summed E-state index contributed by atoms with van der Waals surface area (Å²) in [7, 11) is 0. The molecule has 94 valence electrons. The molecule has 0 aliphatic heterocycles. The van der Waals surface area contributed by atoms with Crippen molar-refractivity contribution in [1.82, 2.24) is 0 Å². The van der Waals surface area contributed by atoms with Gasteiger partial charge in [-0.1, -0.05) is 13.8 Å². The molecule has 1 amide bonds. The van der Waals surface area contributed by atoms with Crippen LogP contribution in [0.3, 0.4) is 0 Å². The van der Waals surface area contributed by atoms with Crippen molar-refractivity contribution in [3.63, 3.8) is 0 Å². The van der Waals surface area contributed by atoms with E-state index in [9.17, 15) is 13.6 Å². The van der Waals surface area contributed by atoms with Crippen molar-refractivity contribution in [2.75, 3.05) is 5.32 Å². The first-order chi connectivity index (χ1) is 7.82. The Hall–Kier alpha value is -1.65. The van der Waals surface area contributed by atoms with Crippen molar-refractivity contribution in [1.29, 1.82) is 0 Å². The number of nitrogens with two attached hydrogens (primary N) is 1. The first-order valence-corrected chi connectivity index (χ1v) is 5.38. The quantitative estimate of drug-likeness (QED) is 0.852. The molecule has 0 bridgehead atoms. The van der Waals surface area contributed by atoms with Gasteiger partial charge in [0.05, 0.1) is 11.3 Å².